The van der Waals surface area contributed by atoms with Crippen LogP contribution in [0.15, 0.2) is 35.0 Å². The number of halogens is 3. The highest BCUT2D eigenvalue weighted by Gasteiger charge is 2.30. The van der Waals surface area contributed by atoms with Crippen LogP contribution in [0.25, 0.3) is 10.6 Å². The van der Waals surface area contributed by atoms with E-state index in [1.54, 1.807) is 12.3 Å². The van der Waals surface area contributed by atoms with Crippen LogP contribution < -0.4 is 5.32 Å². The standard InChI is InChI=1S/C18H14F3N3O3S2/c1-2-27-14(25)7-12-8-29-17(22-12)24-15(26)13-9-28-16(23-13)10-4-3-5-11(6-10)18(19,20)21/h3-6,8-9H,2,7H2,1H3,(H,22,24,26). The maximum atomic E-state index is 12.9. The lowest BCUT2D eigenvalue weighted by atomic mass is 10.1. The summed E-state index contributed by atoms with van der Waals surface area (Å²) in [5.41, 5.74) is 0.0131. The summed E-state index contributed by atoms with van der Waals surface area (Å²) in [5.74, 6) is -0.961. The Hall–Kier alpha value is -2.79. The Kier molecular flexibility index (Phi) is 6.28. The zero-order valence-corrected chi connectivity index (χ0v) is 16.6. The number of carbonyl (C=O) groups is 2. The van der Waals surface area contributed by atoms with Gasteiger partial charge in [0.1, 0.15) is 10.7 Å². The predicted molar refractivity (Wildman–Crippen MR) is 103 cm³/mol. The monoisotopic (exact) mass is 441 g/mol. The number of hydrogen-bond acceptors (Lipinski definition) is 7. The quantitative estimate of drug-likeness (QED) is 0.564. The lowest BCUT2D eigenvalue weighted by Crippen LogP contribution is -2.12. The van der Waals surface area contributed by atoms with Gasteiger partial charge in [-0.2, -0.15) is 13.2 Å². The Morgan fingerprint density at radius 1 is 1.17 bits per heavy atom. The Morgan fingerprint density at radius 3 is 2.69 bits per heavy atom. The van der Waals surface area contributed by atoms with Crippen molar-refractivity contribution in [3.05, 3.63) is 52.0 Å². The van der Waals surface area contributed by atoms with Crippen LogP contribution in [-0.2, 0) is 22.1 Å². The van der Waals surface area contributed by atoms with E-state index in [9.17, 15) is 22.8 Å². The molecular weight excluding hydrogens is 427 g/mol. The number of alkyl halides is 3. The second-order valence-corrected chi connectivity index (χ2v) is 7.41. The molecule has 0 fully saturated rings. The molecule has 0 aliphatic carbocycles. The number of nitrogens with one attached hydrogen (secondary N) is 1. The number of hydrogen-bond donors (Lipinski definition) is 1. The first-order chi connectivity index (χ1) is 13.8. The number of aromatic nitrogens is 2. The normalized spacial score (nSPS) is 11.3. The van der Waals surface area contributed by atoms with Gasteiger partial charge in [0, 0.05) is 16.3 Å². The van der Waals surface area contributed by atoms with Crippen molar-refractivity contribution >= 4 is 39.7 Å². The van der Waals surface area contributed by atoms with E-state index in [1.807, 2.05) is 0 Å². The lowest BCUT2D eigenvalue weighted by molar-refractivity contribution is -0.142. The van der Waals surface area contributed by atoms with Crippen LogP contribution in [0.2, 0.25) is 0 Å². The summed E-state index contributed by atoms with van der Waals surface area (Å²) in [6.45, 7) is 1.97. The molecule has 0 atom stereocenters. The third kappa shape index (κ3) is 5.39. The van der Waals surface area contributed by atoms with Crippen molar-refractivity contribution in [3.63, 3.8) is 0 Å². The average Bonchev–Trinajstić information content (AvgIpc) is 3.31. The zero-order chi connectivity index (χ0) is 21.0. The van der Waals surface area contributed by atoms with Gasteiger partial charge in [0.05, 0.1) is 24.3 Å². The van der Waals surface area contributed by atoms with Gasteiger partial charge in [0.25, 0.3) is 5.91 Å². The summed E-state index contributed by atoms with van der Waals surface area (Å²) in [4.78, 5) is 32.1. The molecule has 3 aromatic rings. The molecule has 0 bridgehead atoms. The molecule has 0 unspecified atom stereocenters. The Bertz CT molecular complexity index is 1030. The number of esters is 1. The van der Waals surface area contributed by atoms with Crippen molar-refractivity contribution in [2.24, 2.45) is 0 Å². The van der Waals surface area contributed by atoms with Crippen LogP contribution in [0.4, 0.5) is 18.3 Å². The minimum absolute atomic E-state index is 0.00337. The predicted octanol–water partition coefficient (Wildman–Crippen LogP) is 4.64. The van der Waals surface area contributed by atoms with Crippen LogP contribution in [-0.4, -0.2) is 28.5 Å². The molecule has 0 saturated carbocycles. The number of nitrogens with zero attached hydrogens (tertiary/aromatic N) is 2. The smallest absolute Gasteiger partial charge is 0.416 e. The van der Waals surface area contributed by atoms with Crippen molar-refractivity contribution in [2.75, 3.05) is 11.9 Å². The van der Waals surface area contributed by atoms with Gasteiger partial charge in [0.2, 0.25) is 0 Å². The highest BCUT2D eigenvalue weighted by Crippen LogP contribution is 2.33. The molecular formula is C18H14F3N3O3S2. The Labute approximate surface area is 171 Å². The zero-order valence-electron chi connectivity index (χ0n) is 14.9. The highest BCUT2D eigenvalue weighted by molar-refractivity contribution is 7.14. The summed E-state index contributed by atoms with van der Waals surface area (Å²) in [7, 11) is 0. The van der Waals surface area contributed by atoms with Gasteiger partial charge in [-0.1, -0.05) is 12.1 Å². The van der Waals surface area contributed by atoms with E-state index in [0.29, 0.717) is 10.7 Å². The third-order valence-electron chi connectivity index (χ3n) is 3.58. The summed E-state index contributed by atoms with van der Waals surface area (Å²) in [5, 5.41) is 6.22. The van der Waals surface area contributed by atoms with Gasteiger partial charge in [-0.15, -0.1) is 22.7 Å². The Balaban J connectivity index is 1.69. The fraction of sp³-hybridized carbons (Fsp3) is 0.222. The maximum absolute atomic E-state index is 12.9. The van der Waals surface area contributed by atoms with Gasteiger partial charge in [-0.25, -0.2) is 9.97 Å². The van der Waals surface area contributed by atoms with Crippen molar-refractivity contribution in [2.45, 2.75) is 19.5 Å². The van der Waals surface area contributed by atoms with Crippen LogP contribution in [0.5, 0.6) is 0 Å². The molecule has 0 aliphatic rings. The molecule has 152 valence electrons. The van der Waals surface area contributed by atoms with E-state index in [4.69, 9.17) is 4.74 Å². The topological polar surface area (TPSA) is 81.2 Å². The minimum Gasteiger partial charge on any atom is -0.466 e. The molecule has 0 spiro atoms. The van der Waals surface area contributed by atoms with Crippen molar-refractivity contribution in [1.29, 1.82) is 0 Å². The van der Waals surface area contributed by atoms with Crippen molar-refractivity contribution in [1.82, 2.24) is 9.97 Å². The molecule has 1 aromatic carbocycles. The molecule has 1 amide bonds. The fourth-order valence-corrected chi connectivity index (χ4v) is 3.81. The third-order valence-corrected chi connectivity index (χ3v) is 5.27. The summed E-state index contributed by atoms with van der Waals surface area (Å²) < 4.78 is 43.4. The van der Waals surface area contributed by atoms with Gasteiger partial charge < -0.3 is 4.74 Å². The molecule has 2 aromatic heterocycles. The molecule has 0 radical (unpaired) electrons. The fourth-order valence-electron chi connectivity index (χ4n) is 2.31. The second kappa shape index (κ2) is 8.70. The van der Waals surface area contributed by atoms with Gasteiger partial charge in [0.15, 0.2) is 5.13 Å². The van der Waals surface area contributed by atoms with E-state index < -0.39 is 23.6 Å². The molecule has 0 aliphatic heterocycles. The Morgan fingerprint density at radius 2 is 1.97 bits per heavy atom. The van der Waals surface area contributed by atoms with Crippen molar-refractivity contribution < 1.29 is 27.5 Å². The number of benzene rings is 1. The lowest BCUT2D eigenvalue weighted by Gasteiger charge is -2.07. The number of rotatable bonds is 6. The molecule has 11 heteroatoms. The van der Waals surface area contributed by atoms with E-state index in [-0.39, 0.29) is 29.4 Å². The van der Waals surface area contributed by atoms with Crippen molar-refractivity contribution in [3.8, 4) is 10.6 Å². The molecule has 29 heavy (non-hydrogen) atoms. The first-order valence-corrected chi connectivity index (χ1v) is 10.1. The summed E-state index contributed by atoms with van der Waals surface area (Å²) in [6, 6.07) is 4.75. The molecule has 1 N–H and O–H groups in total. The maximum Gasteiger partial charge on any atom is 0.416 e. The van der Waals surface area contributed by atoms with Crippen LogP contribution in [0, 0.1) is 0 Å². The summed E-state index contributed by atoms with van der Waals surface area (Å²) in [6.07, 6.45) is -4.46. The largest absolute Gasteiger partial charge is 0.466 e. The number of carbonyl (C=O) groups excluding carboxylic acids is 2. The average molecular weight is 441 g/mol. The van der Waals surface area contributed by atoms with Crippen LogP contribution in [0.1, 0.15) is 28.7 Å². The number of amides is 1. The number of anilines is 1. The van der Waals surface area contributed by atoms with E-state index in [1.165, 1.54) is 17.5 Å². The van der Waals surface area contributed by atoms with Crippen LogP contribution in [0.3, 0.4) is 0 Å². The van der Waals surface area contributed by atoms with E-state index in [0.717, 1.165) is 34.8 Å². The molecule has 2 heterocycles. The summed E-state index contributed by atoms with van der Waals surface area (Å²) >= 11 is 2.20. The SMILES string of the molecule is CCOC(=O)Cc1csc(NC(=O)c2csc(-c3cccc(C(F)(F)F)c3)n2)n1. The minimum atomic E-state index is -4.46. The van der Waals surface area contributed by atoms with Crippen LogP contribution >= 0.6 is 22.7 Å². The van der Waals surface area contributed by atoms with Gasteiger partial charge in [-0.05, 0) is 19.1 Å². The number of ether oxygens (including phenoxy) is 1. The highest BCUT2D eigenvalue weighted by atomic mass is 32.1. The van der Waals surface area contributed by atoms with E-state index in [2.05, 4.69) is 15.3 Å². The molecule has 3 rings (SSSR count). The first kappa shape index (κ1) is 20.9. The molecule has 6 nitrogen and oxygen atoms in total. The number of thiazole rings is 2. The molecule has 0 saturated heterocycles. The van der Waals surface area contributed by atoms with E-state index >= 15 is 0 Å². The second-order valence-electron chi connectivity index (χ2n) is 5.70. The van der Waals surface area contributed by atoms with Gasteiger partial charge >= 0.3 is 12.1 Å². The first-order valence-electron chi connectivity index (χ1n) is 8.31. The van der Waals surface area contributed by atoms with Gasteiger partial charge in [-0.3, -0.25) is 14.9 Å².